The number of hydrogen-bond acceptors (Lipinski definition) is 3. The van der Waals surface area contributed by atoms with Gasteiger partial charge in [0.15, 0.2) is 0 Å². The van der Waals surface area contributed by atoms with Gasteiger partial charge in [-0.05, 0) is 36.1 Å². The topological polar surface area (TPSA) is 50.4 Å². The van der Waals surface area contributed by atoms with Gasteiger partial charge < -0.3 is 15.4 Å². The minimum absolute atomic E-state index is 0. The first kappa shape index (κ1) is 19.4. The van der Waals surface area contributed by atoms with Crippen molar-refractivity contribution >= 4 is 18.3 Å². The summed E-state index contributed by atoms with van der Waals surface area (Å²) in [5.74, 6) is -0.0621. The number of nitrogens with one attached hydrogen (secondary N) is 2. The lowest BCUT2D eigenvalue weighted by Crippen LogP contribution is -2.40. The first-order chi connectivity index (χ1) is 11.8. The van der Waals surface area contributed by atoms with Gasteiger partial charge in [-0.15, -0.1) is 12.4 Å². The van der Waals surface area contributed by atoms with E-state index >= 15 is 0 Å². The molecule has 0 radical (unpaired) electrons. The number of ether oxygens (including phenoxy) is 1. The minimum Gasteiger partial charge on any atom is -0.371 e. The van der Waals surface area contributed by atoms with Crippen LogP contribution in [0, 0.1) is 0 Å². The molecule has 1 aliphatic heterocycles. The molecule has 0 fully saturated rings. The van der Waals surface area contributed by atoms with Crippen molar-refractivity contribution in [3.05, 3.63) is 71.3 Å². The number of halogens is 1. The summed E-state index contributed by atoms with van der Waals surface area (Å²) >= 11 is 0. The van der Waals surface area contributed by atoms with E-state index in [0.29, 0.717) is 13.2 Å². The Morgan fingerprint density at radius 2 is 1.88 bits per heavy atom. The van der Waals surface area contributed by atoms with Crippen molar-refractivity contribution in [1.82, 2.24) is 10.6 Å². The lowest BCUT2D eigenvalue weighted by molar-refractivity contribution is -0.125. The van der Waals surface area contributed by atoms with Crippen LogP contribution in [-0.2, 0) is 22.4 Å². The van der Waals surface area contributed by atoms with E-state index in [4.69, 9.17) is 4.74 Å². The summed E-state index contributed by atoms with van der Waals surface area (Å²) in [5, 5.41) is 6.43. The van der Waals surface area contributed by atoms with Gasteiger partial charge in [-0.3, -0.25) is 4.79 Å². The summed E-state index contributed by atoms with van der Waals surface area (Å²) in [5.41, 5.74) is 3.88. The van der Waals surface area contributed by atoms with E-state index in [1.807, 2.05) is 24.3 Å². The third-order valence-electron chi connectivity index (χ3n) is 4.33. The maximum Gasteiger partial charge on any atom is 0.246 e. The Morgan fingerprint density at radius 1 is 1.12 bits per heavy atom. The summed E-state index contributed by atoms with van der Waals surface area (Å²) in [6.45, 7) is 2.21. The lowest BCUT2D eigenvalue weighted by Gasteiger charge is -2.27. The van der Waals surface area contributed by atoms with E-state index < -0.39 is 0 Å². The highest BCUT2D eigenvalue weighted by Crippen LogP contribution is 2.21. The third kappa shape index (κ3) is 5.85. The fourth-order valence-electron chi connectivity index (χ4n) is 3.04. The molecule has 3 rings (SSSR count). The maximum absolute atomic E-state index is 11.9. The van der Waals surface area contributed by atoms with Gasteiger partial charge in [-0.2, -0.15) is 0 Å². The molecule has 0 saturated carbocycles. The van der Waals surface area contributed by atoms with Crippen LogP contribution < -0.4 is 10.6 Å². The molecule has 0 aromatic heterocycles. The molecule has 2 aromatic rings. The van der Waals surface area contributed by atoms with Crippen molar-refractivity contribution in [2.45, 2.75) is 18.9 Å². The van der Waals surface area contributed by atoms with Crippen molar-refractivity contribution in [3.8, 4) is 0 Å². The van der Waals surface area contributed by atoms with Crippen LogP contribution in [0.4, 0.5) is 0 Å². The molecule has 1 unspecified atom stereocenters. The maximum atomic E-state index is 11.9. The Kier molecular flexibility index (Phi) is 7.92. The summed E-state index contributed by atoms with van der Waals surface area (Å²) < 4.78 is 5.48. The van der Waals surface area contributed by atoms with Crippen LogP contribution in [0.1, 0.15) is 22.7 Å². The van der Waals surface area contributed by atoms with Gasteiger partial charge >= 0.3 is 0 Å². The number of rotatable bonds is 7. The molecular weight excluding hydrogens is 336 g/mol. The average Bonchev–Trinajstić information content (AvgIpc) is 2.64. The number of amides is 1. The molecular formula is C20H25ClN2O2. The van der Waals surface area contributed by atoms with Gasteiger partial charge in [0.1, 0.15) is 6.61 Å². The smallest absolute Gasteiger partial charge is 0.246 e. The monoisotopic (exact) mass is 360 g/mol. The molecule has 25 heavy (non-hydrogen) atoms. The summed E-state index contributed by atoms with van der Waals surface area (Å²) in [6.07, 6.45) is 1.87. The van der Waals surface area contributed by atoms with E-state index in [2.05, 4.69) is 41.0 Å². The zero-order chi connectivity index (χ0) is 16.6. The Morgan fingerprint density at radius 3 is 2.72 bits per heavy atom. The van der Waals surface area contributed by atoms with E-state index in [9.17, 15) is 4.79 Å². The van der Waals surface area contributed by atoms with Crippen LogP contribution in [0.15, 0.2) is 54.6 Å². The van der Waals surface area contributed by atoms with E-state index in [1.54, 1.807) is 0 Å². The molecule has 2 N–H and O–H groups in total. The number of fused-ring (bicyclic) bond motifs is 1. The van der Waals surface area contributed by atoms with Crippen LogP contribution in [0.3, 0.4) is 0 Å². The second-order valence-corrected chi connectivity index (χ2v) is 6.05. The van der Waals surface area contributed by atoms with Crippen LogP contribution in [0.25, 0.3) is 0 Å². The van der Waals surface area contributed by atoms with Gasteiger partial charge in [0.05, 0.1) is 6.61 Å². The van der Waals surface area contributed by atoms with Crippen molar-refractivity contribution in [2.24, 2.45) is 0 Å². The van der Waals surface area contributed by atoms with Crippen LogP contribution in [0.5, 0.6) is 0 Å². The first-order valence-electron chi connectivity index (χ1n) is 8.52. The molecule has 1 atom stereocenters. The van der Waals surface area contributed by atoms with Crippen molar-refractivity contribution in [1.29, 1.82) is 0 Å². The van der Waals surface area contributed by atoms with Crippen LogP contribution in [0.2, 0.25) is 0 Å². The van der Waals surface area contributed by atoms with Gasteiger partial charge in [0.25, 0.3) is 0 Å². The number of hydrogen-bond donors (Lipinski definition) is 2. The minimum atomic E-state index is -0.0621. The van der Waals surface area contributed by atoms with E-state index in [1.165, 1.54) is 16.7 Å². The van der Waals surface area contributed by atoms with Crippen molar-refractivity contribution < 1.29 is 9.53 Å². The molecule has 134 valence electrons. The number of carbonyl (C=O) groups is 1. The first-order valence-corrected chi connectivity index (χ1v) is 8.52. The standard InChI is InChI=1S/C20H24N2O2.ClH/c23-20(15-24-13-11-16-6-2-1-3-7-16)22-14-19-18-9-5-4-8-17(18)10-12-21-19;/h1-9,19,21H,10-15H2,(H,22,23);1H. The average molecular weight is 361 g/mol. The molecule has 1 amide bonds. The van der Waals surface area contributed by atoms with Crippen molar-refractivity contribution in [3.63, 3.8) is 0 Å². The number of carbonyl (C=O) groups excluding carboxylic acids is 1. The summed E-state index contributed by atoms with van der Waals surface area (Å²) in [4.78, 5) is 11.9. The molecule has 4 nitrogen and oxygen atoms in total. The molecule has 0 bridgehead atoms. The highest BCUT2D eigenvalue weighted by Gasteiger charge is 2.19. The molecule has 0 saturated heterocycles. The van der Waals surface area contributed by atoms with Gasteiger partial charge in [-0.1, -0.05) is 54.6 Å². The fraction of sp³-hybridized carbons (Fsp3) is 0.350. The van der Waals surface area contributed by atoms with Gasteiger partial charge in [0, 0.05) is 12.6 Å². The Balaban J connectivity index is 0.00000225. The van der Waals surface area contributed by atoms with Gasteiger partial charge in [-0.25, -0.2) is 0 Å². The highest BCUT2D eigenvalue weighted by molar-refractivity contribution is 5.85. The quantitative estimate of drug-likeness (QED) is 0.746. The molecule has 2 aromatic carbocycles. The predicted molar refractivity (Wildman–Crippen MR) is 102 cm³/mol. The molecule has 5 heteroatoms. The van der Waals surface area contributed by atoms with Crippen LogP contribution >= 0.6 is 12.4 Å². The summed E-state index contributed by atoms with van der Waals surface area (Å²) in [6, 6.07) is 18.7. The molecule has 0 aliphatic carbocycles. The number of benzene rings is 2. The second kappa shape index (κ2) is 10.2. The Bertz CT molecular complexity index is 664. The summed E-state index contributed by atoms with van der Waals surface area (Å²) in [7, 11) is 0. The van der Waals surface area contributed by atoms with Crippen LogP contribution in [-0.4, -0.2) is 32.2 Å². The lowest BCUT2D eigenvalue weighted by atomic mass is 9.94. The molecule has 1 heterocycles. The zero-order valence-corrected chi connectivity index (χ0v) is 15.1. The molecule has 0 spiro atoms. The second-order valence-electron chi connectivity index (χ2n) is 6.05. The normalized spacial score (nSPS) is 15.8. The van der Waals surface area contributed by atoms with E-state index in [-0.39, 0.29) is 31.0 Å². The highest BCUT2D eigenvalue weighted by atomic mass is 35.5. The third-order valence-corrected chi connectivity index (χ3v) is 4.33. The SMILES string of the molecule is Cl.O=C(COCCc1ccccc1)NCC1NCCc2ccccc21. The Labute approximate surface area is 155 Å². The zero-order valence-electron chi connectivity index (χ0n) is 14.2. The van der Waals surface area contributed by atoms with Gasteiger partial charge in [0.2, 0.25) is 5.91 Å². The van der Waals surface area contributed by atoms with Crippen molar-refractivity contribution in [2.75, 3.05) is 26.3 Å². The Hall–Kier alpha value is -1.88. The van der Waals surface area contributed by atoms with E-state index in [0.717, 1.165) is 19.4 Å². The predicted octanol–water partition coefficient (Wildman–Crippen LogP) is 2.67. The largest absolute Gasteiger partial charge is 0.371 e. The fourth-order valence-corrected chi connectivity index (χ4v) is 3.04. The molecule has 1 aliphatic rings.